The average molecular weight is 313 g/mol. The molecule has 0 heterocycles. The fourth-order valence-electron chi connectivity index (χ4n) is 3.08. The van der Waals surface area contributed by atoms with E-state index in [2.05, 4.69) is 0 Å². The minimum atomic E-state index is -0.661. The van der Waals surface area contributed by atoms with Crippen LogP contribution in [0.25, 0.3) is 0 Å². The van der Waals surface area contributed by atoms with Gasteiger partial charge in [-0.3, -0.25) is 4.79 Å². The first-order valence-electron chi connectivity index (χ1n) is 7.68. The Labute approximate surface area is 130 Å². The third-order valence-corrected chi connectivity index (χ3v) is 4.48. The third kappa shape index (κ3) is 4.04. The summed E-state index contributed by atoms with van der Waals surface area (Å²) in [7, 11) is 0. The van der Waals surface area contributed by atoms with Crippen molar-refractivity contribution in [1.82, 2.24) is 0 Å². The van der Waals surface area contributed by atoms with Gasteiger partial charge in [-0.15, -0.1) is 0 Å². The quantitative estimate of drug-likeness (QED) is 0.735. The van der Waals surface area contributed by atoms with Gasteiger partial charge in [-0.2, -0.15) is 0 Å². The molecule has 1 fully saturated rings. The Morgan fingerprint density at radius 3 is 2.52 bits per heavy atom. The first kappa shape index (κ1) is 16.4. The van der Waals surface area contributed by atoms with Crippen molar-refractivity contribution in [3.63, 3.8) is 0 Å². The van der Waals surface area contributed by atoms with Crippen molar-refractivity contribution in [1.29, 1.82) is 0 Å². The molecule has 0 radical (unpaired) electrons. The lowest BCUT2D eigenvalue weighted by Crippen LogP contribution is -2.42. The standard InChI is InChI=1S/C17H22ClFO2/c1-2-21-17(9-5-3-4-6-10-17)16(20)12-13-7-8-15(19)14(18)11-13/h7-8,11H,2-6,9-10,12H2,1H3. The third-order valence-electron chi connectivity index (χ3n) is 4.19. The predicted molar refractivity (Wildman–Crippen MR) is 82.2 cm³/mol. The van der Waals surface area contributed by atoms with E-state index in [0.29, 0.717) is 6.61 Å². The molecule has 0 spiro atoms. The number of halogens is 2. The van der Waals surface area contributed by atoms with Crippen molar-refractivity contribution >= 4 is 17.4 Å². The number of hydrogen-bond acceptors (Lipinski definition) is 2. The normalized spacial score (nSPS) is 18.2. The van der Waals surface area contributed by atoms with Crippen LogP contribution in [0.3, 0.4) is 0 Å². The molecule has 4 heteroatoms. The number of carbonyl (C=O) groups excluding carboxylic acids is 1. The van der Waals surface area contributed by atoms with Gasteiger partial charge in [0, 0.05) is 13.0 Å². The van der Waals surface area contributed by atoms with Gasteiger partial charge in [-0.1, -0.05) is 43.4 Å². The van der Waals surface area contributed by atoms with Crippen LogP contribution in [-0.2, 0) is 16.0 Å². The largest absolute Gasteiger partial charge is 0.367 e. The zero-order chi connectivity index (χ0) is 15.3. The number of ether oxygens (including phenoxy) is 1. The summed E-state index contributed by atoms with van der Waals surface area (Å²) in [6.45, 7) is 2.46. The monoisotopic (exact) mass is 312 g/mol. The summed E-state index contributed by atoms with van der Waals surface area (Å²) in [5.41, 5.74) is 0.0845. The van der Waals surface area contributed by atoms with E-state index in [1.807, 2.05) is 6.92 Å². The molecule has 0 unspecified atom stereocenters. The highest BCUT2D eigenvalue weighted by Crippen LogP contribution is 2.32. The van der Waals surface area contributed by atoms with Crippen LogP contribution in [0, 0.1) is 5.82 Å². The van der Waals surface area contributed by atoms with E-state index in [1.54, 1.807) is 6.07 Å². The summed E-state index contributed by atoms with van der Waals surface area (Å²) < 4.78 is 19.1. The Bertz CT molecular complexity index is 494. The summed E-state index contributed by atoms with van der Waals surface area (Å²) in [4.78, 5) is 12.8. The minimum absolute atomic E-state index is 0.0617. The summed E-state index contributed by atoms with van der Waals surface area (Å²) in [5, 5.41) is 0.0617. The van der Waals surface area contributed by atoms with Crippen molar-refractivity contribution in [2.45, 2.75) is 57.5 Å². The van der Waals surface area contributed by atoms with Gasteiger partial charge < -0.3 is 4.74 Å². The topological polar surface area (TPSA) is 26.3 Å². The van der Waals surface area contributed by atoms with Crippen LogP contribution in [-0.4, -0.2) is 18.0 Å². The molecular weight excluding hydrogens is 291 g/mol. The molecule has 1 saturated carbocycles. The fraction of sp³-hybridized carbons (Fsp3) is 0.588. The number of benzene rings is 1. The van der Waals surface area contributed by atoms with E-state index in [-0.39, 0.29) is 17.2 Å². The molecule has 2 nitrogen and oxygen atoms in total. The van der Waals surface area contributed by atoms with Gasteiger partial charge in [-0.05, 0) is 37.5 Å². The van der Waals surface area contributed by atoms with E-state index in [4.69, 9.17) is 16.3 Å². The molecule has 0 amide bonds. The smallest absolute Gasteiger partial charge is 0.168 e. The second kappa shape index (κ2) is 7.37. The van der Waals surface area contributed by atoms with Crippen LogP contribution in [0.15, 0.2) is 18.2 Å². The van der Waals surface area contributed by atoms with E-state index in [9.17, 15) is 9.18 Å². The maximum atomic E-state index is 13.2. The summed E-state index contributed by atoms with van der Waals surface area (Å²) in [5.74, 6) is -0.365. The lowest BCUT2D eigenvalue weighted by molar-refractivity contribution is -0.145. The van der Waals surface area contributed by atoms with Gasteiger partial charge in [-0.25, -0.2) is 4.39 Å². The van der Waals surface area contributed by atoms with Crippen LogP contribution in [0.1, 0.15) is 51.0 Å². The Morgan fingerprint density at radius 2 is 1.95 bits per heavy atom. The van der Waals surface area contributed by atoms with Gasteiger partial charge in [0.2, 0.25) is 0 Å². The first-order valence-corrected chi connectivity index (χ1v) is 8.06. The molecule has 0 aliphatic heterocycles. The number of ketones is 1. The minimum Gasteiger partial charge on any atom is -0.367 e. The highest BCUT2D eigenvalue weighted by Gasteiger charge is 2.38. The Morgan fingerprint density at radius 1 is 1.29 bits per heavy atom. The number of Topliss-reactive ketones (excluding diaryl/α,β-unsaturated/α-hetero) is 1. The number of hydrogen-bond donors (Lipinski definition) is 0. The lowest BCUT2D eigenvalue weighted by Gasteiger charge is -2.31. The molecule has 1 aromatic rings. The lowest BCUT2D eigenvalue weighted by atomic mass is 9.86. The average Bonchev–Trinajstić information content (AvgIpc) is 2.70. The summed E-state index contributed by atoms with van der Waals surface area (Å²) in [6.07, 6.45) is 6.18. The highest BCUT2D eigenvalue weighted by atomic mass is 35.5. The molecule has 0 bridgehead atoms. The maximum absolute atomic E-state index is 13.2. The Hall–Kier alpha value is -0.930. The van der Waals surface area contributed by atoms with Crippen LogP contribution in [0.2, 0.25) is 5.02 Å². The van der Waals surface area contributed by atoms with Crippen LogP contribution in [0.5, 0.6) is 0 Å². The van der Waals surface area contributed by atoms with Gasteiger partial charge >= 0.3 is 0 Å². The second-order valence-electron chi connectivity index (χ2n) is 5.69. The fourth-order valence-corrected chi connectivity index (χ4v) is 3.28. The Balaban J connectivity index is 2.15. The van der Waals surface area contributed by atoms with Gasteiger partial charge in [0.25, 0.3) is 0 Å². The molecule has 1 aliphatic rings. The molecule has 1 aliphatic carbocycles. The highest BCUT2D eigenvalue weighted by molar-refractivity contribution is 6.30. The maximum Gasteiger partial charge on any atom is 0.168 e. The first-order chi connectivity index (χ1) is 10.1. The molecule has 2 rings (SSSR count). The van der Waals surface area contributed by atoms with E-state index >= 15 is 0 Å². The van der Waals surface area contributed by atoms with Gasteiger partial charge in [0.1, 0.15) is 11.4 Å². The molecular formula is C17H22ClFO2. The Kier molecular flexibility index (Phi) is 5.77. The van der Waals surface area contributed by atoms with Gasteiger partial charge in [0.05, 0.1) is 5.02 Å². The van der Waals surface area contributed by atoms with E-state index in [1.165, 1.54) is 12.1 Å². The number of rotatable bonds is 5. The van der Waals surface area contributed by atoms with Crippen molar-refractivity contribution in [3.05, 3.63) is 34.6 Å². The molecule has 0 saturated heterocycles. The van der Waals surface area contributed by atoms with E-state index < -0.39 is 11.4 Å². The molecule has 0 N–H and O–H groups in total. The van der Waals surface area contributed by atoms with E-state index in [0.717, 1.165) is 44.1 Å². The molecule has 1 aromatic carbocycles. The summed E-state index contributed by atoms with van der Waals surface area (Å²) >= 11 is 5.79. The van der Waals surface area contributed by atoms with Crippen molar-refractivity contribution in [3.8, 4) is 0 Å². The molecule has 116 valence electrons. The SMILES string of the molecule is CCOC1(C(=O)Cc2ccc(F)c(Cl)c2)CCCCCC1. The molecule has 0 atom stereocenters. The van der Waals surface area contributed by atoms with Gasteiger partial charge in [0.15, 0.2) is 5.78 Å². The zero-order valence-corrected chi connectivity index (χ0v) is 13.2. The van der Waals surface area contributed by atoms with Crippen LogP contribution in [0.4, 0.5) is 4.39 Å². The van der Waals surface area contributed by atoms with Crippen molar-refractivity contribution in [2.24, 2.45) is 0 Å². The second-order valence-corrected chi connectivity index (χ2v) is 6.10. The molecule has 21 heavy (non-hydrogen) atoms. The van der Waals surface area contributed by atoms with Crippen LogP contribution >= 0.6 is 11.6 Å². The zero-order valence-electron chi connectivity index (χ0n) is 12.5. The molecule has 0 aromatic heterocycles. The number of carbonyl (C=O) groups is 1. The summed E-state index contributed by atoms with van der Waals surface area (Å²) in [6, 6.07) is 4.46. The van der Waals surface area contributed by atoms with Crippen molar-refractivity contribution in [2.75, 3.05) is 6.61 Å². The van der Waals surface area contributed by atoms with Crippen molar-refractivity contribution < 1.29 is 13.9 Å². The van der Waals surface area contributed by atoms with Crippen LogP contribution < -0.4 is 0 Å². The predicted octanol–water partition coefficient (Wildman–Crippen LogP) is 4.72.